The largest absolute Gasteiger partial charge is 0.381 e. The Balaban J connectivity index is 1.89. The maximum atomic E-state index is 9.03. The Hall–Kier alpha value is -1.54. The van der Waals surface area contributed by atoms with E-state index in [1.165, 1.54) is 19.3 Å². The highest BCUT2D eigenvalue weighted by Gasteiger charge is 2.33. The summed E-state index contributed by atoms with van der Waals surface area (Å²) in [5, 5.41) is 9.03. The standard InChI is InChI=1S/C11H14N4O/c12-4-8-11(13)14-10-6-16-9(5-15(8)10)7-2-1-3-7/h7,9H,1-3,5-6,13H2. The third-order valence-corrected chi connectivity index (χ3v) is 3.64. The van der Waals surface area contributed by atoms with Crippen LogP contribution in [-0.2, 0) is 17.9 Å². The minimum absolute atomic E-state index is 0.238. The third-order valence-electron chi connectivity index (χ3n) is 3.64. The molecule has 1 aliphatic heterocycles. The van der Waals surface area contributed by atoms with Gasteiger partial charge in [-0.3, -0.25) is 0 Å². The molecule has 1 atom stereocenters. The molecule has 1 unspecified atom stereocenters. The zero-order valence-electron chi connectivity index (χ0n) is 9.02. The van der Waals surface area contributed by atoms with Crippen LogP contribution in [0.2, 0.25) is 0 Å². The molecule has 5 heteroatoms. The lowest BCUT2D eigenvalue weighted by molar-refractivity contribution is -0.0544. The van der Waals surface area contributed by atoms with Gasteiger partial charge in [0.15, 0.2) is 11.5 Å². The highest BCUT2D eigenvalue weighted by Crippen LogP contribution is 2.34. The molecular formula is C11H14N4O. The number of aromatic nitrogens is 2. The normalized spacial score (nSPS) is 24.6. The average molecular weight is 218 g/mol. The van der Waals surface area contributed by atoms with E-state index in [-0.39, 0.29) is 6.10 Å². The first-order valence-electron chi connectivity index (χ1n) is 5.66. The van der Waals surface area contributed by atoms with Crippen molar-refractivity contribution in [2.75, 3.05) is 5.73 Å². The number of rotatable bonds is 1. The number of anilines is 1. The Morgan fingerprint density at radius 2 is 2.31 bits per heavy atom. The smallest absolute Gasteiger partial charge is 0.164 e. The fourth-order valence-electron chi connectivity index (χ4n) is 2.46. The molecule has 5 nitrogen and oxygen atoms in total. The van der Waals surface area contributed by atoms with E-state index >= 15 is 0 Å². The first kappa shape index (κ1) is 9.67. The second kappa shape index (κ2) is 3.49. The van der Waals surface area contributed by atoms with Crippen molar-refractivity contribution in [3.63, 3.8) is 0 Å². The lowest BCUT2D eigenvalue weighted by atomic mass is 9.80. The van der Waals surface area contributed by atoms with Crippen LogP contribution in [0.3, 0.4) is 0 Å². The first-order chi connectivity index (χ1) is 7.79. The highest BCUT2D eigenvalue weighted by atomic mass is 16.5. The molecule has 2 aliphatic rings. The van der Waals surface area contributed by atoms with Crippen LogP contribution in [0.15, 0.2) is 0 Å². The molecule has 0 amide bonds. The summed E-state index contributed by atoms with van der Waals surface area (Å²) in [6.45, 7) is 1.21. The predicted octanol–water partition coefficient (Wildman–Crippen LogP) is 1.04. The van der Waals surface area contributed by atoms with Crippen molar-refractivity contribution < 1.29 is 4.74 Å². The SMILES string of the molecule is N#Cc1c(N)nc2n1CC(C1CCC1)OC2. The molecule has 84 valence electrons. The van der Waals surface area contributed by atoms with Gasteiger partial charge < -0.3 is 15.0 Å². The van der Waals surface area contributed by atoms with Gasteiger partial charge >= 0.3 is 0 Å². The number of nitrogens with two attached hydrogens (primary N) is 1. The van der Waals surface area contributed by atoms with E-state index in [4.69, 9.17) is 15.7 Å². The van der Waals surface area contributed by atoms with Crippen LogP contribution in [0.5, 0.6) is 0 Å². The number of hydrogen-bond acceptors (Lipinski definition) is 4. The van der Waals surface area contributed by atoms with Gasteiger partial charge in [0.05, 0.1) is 12.6 Å². The maximum Gasteiger partial charge on any atom is 0.164 e. The van der Waals surface area contributed by atoms with Crippen LogP contribution >= 0.6 is 0 Å². The van der Waals surface area contributed by atoms with E-state index in [0.717, 1.165) is 12.4 Å². The molecule has 16 heavy (non-hydrogen) atoms. The summed E-state index contributed by atoms with van der Waals surface area (Å²) in [6, 6.07) is 2.12. The van der Waals surface area contributed by atoms with Gasteiger partial charge in [-0.2, -0.15) is 5.26 Å². The van der Waals surface area contributed by atoms with Gasteiger partial charge in [-0.05, 0) is 18.8 Å². The van der Waals surface area contributed by atoms with E-state index in [9.17, 15) is 0 Å². The molecule has 0 aromatic carbocycles. The first-order valence-corrected chi connectivity index (χ1v) is 5.66. The van der Waals surface area contributed by atoms with Gasteiger partial charge in [0.2, 0.25) is 0 Å². The molecule has 2 heterocycles. The Morgan fingerprint density at radius 3 is 2.94 bits per heavy atom. The second-order valence-corrected chi connectivity index (χ2v) is 4.52. The third kappa shape index (κ3) is 1.30. The molecule has 0 radical (unpaired) electrons. The van der Waals surface area contributed by atoms with Crippen molar-refractivity contribution in [3.8, 4) is 6.07 Å². The number of ether oxygens (including phenoxy) is 1. The predicted molar refractivity (Wildman–Crippen MR) is 57.3 cm³/mol. The van der Waals surface area contributed by atoms with E-state index in [0.29, 0.717) is 24.0 Å². The fourth-order valence-corrected chi connectivity index (χ4v) is 2.46. The number of nitrogen functional groups attached to an aromatic ring is 1. The molecule has 0 bridgehead atoms. The number of nitriles is 1. The summed E-state index contributed by atoms with van der Waals surface area (Å²) in [5.41, 5.74) is 6.18. The lowest BCUT2D eigenvalue weighted by Crippen LogP contribution is -2.37. The maximum absolute atomic E-state index is 9.03. The van der Waals surface area contributed by atoms with E-state index < -0.39 is 0 Å². The van der Waals surface area contributed by atoms with Crippen LogP contribution in [-0.4, -0.2) is 15.7 Å². The Kier molecular flexibility index (Phi) is 2.11. The molecule has 1 saturated carbocycles. The Bertz CT molecular complexity index is 455. The van der Waals surface area contributed by atoms with Gasteiger partial charge in [0.25, 0.3) is 0 Å². The van der Waals surface area contributed by atoms with Crippen LogP contribution in [0.4, 0.5) is 5.82 Å². The van der Waals surface area contributed by atoms with Gasteiger partial charge in [-0.1, -0.05) is 6.42 Å². The summed E-state index contributed by atoms with van der Waals surface area (Å²) < 4.78 is 7.69. The van der Waals surface area contributed by atoms with E-state index in [2.05, 4.69) is 11.1 Å². The molecule has 1 aromatic rings. The highest BCUT2D eigenvalue weighted by molar-refractivity contribution is 5.45. The summed E-state index contributed by atoms with van der Waals surface area (Å²) in [5.74, 6) is 1.77. The molecule has 1 fully saturated rings. The molecule has 0 spiro atoms. The van der Waals surface area contributed by atoms with E-state index in [1.807, 2.05) is 4.57 Å². The van der Waals surface area contributed by atoms with Gasteiger partial charge in [0, 0.05) is 0 Å². The quantitative estimate of drug-likeness (QED) is 0.763. The summed E-state index contributed by atoms with van der Waals surface area (Å²) in [7, 11) is 0. The average Bonchev–Trinajstić information content (AvgIpc) is 2.50. The monoisotopic (exact) mass is 218 g/mol. The Morgan fingerprint density at radius 1 is 1.50 bits per heavy atom. The molecule has 1 aromatic heterocycles. The molecule has 1 aliphatic carbocycles. The summed E-state index contributed by atoms with van der Waals surface area (Å²) >= 11 is 0. The van der Waals surface area contributed by atoms with E-state index in [1.54, 1.807) is 0 Å². The molecule has 3 rings (SSSR count). The number of hydrogen-bond donors (Lipinski definition) is 1. The Labute approximate surface area is 93.8 Å². The number of imidazole rings is 1. The lowest BCUT2D eigenvalue weighted by Gasteiger charge is -2.36. The van der Waals surface area contributed by atoms with Crippen molar-refractivity contribution in [1.82, 2.24) is 9.55 Å². The minimum atomic E-state index is 0.238. The minimum Gasteiger partial charge on any atom is -0.381 e. The van der Waals surface area contributed by atoms with Crippen LogP contribution in [0.25, 0.3) is 0 Å². The molecule has 0 saturated heterocycles. The second-order valence-electron chi connectivity index (χ2n) is 4.52. The van der Waals surface area contributed by atoms with Gasteiger partial charge in [0.1, 0.15) is 18.5 Å². The zero-order chi connectivity index (χ0) is 11.1. The fraction of sp³-hybridized carbons (Fsp3) is 0.636. The van der Waals surface area contributed by atoms with Crippen molar-refractivity contribution in [2.24, 2.45) is 5.92 Å². The van der Waals surface area contributed by atoms with Crippen molar-refractivity contribution in [3.05, 3.63) is 11.5 Å². The van der Waals surface area contributed by atoms with Crippen LogP contribution in [0, 0.1) is 17.2 Å². The summed E-state index contributed by atoms with van der Waals surface area (Å²) in [6.07, 6.45) is 4.02. The van der Waals surface area contributed by atoms with Crippen LogP contribution in [0.1, 0.15) is 30.8 Å². The van der Waals surface area contributed by atoms with Gasteiger partial charge in [-0.25, -0.2) is 4.98 Å². The van der Waals surface area contributed by atoms with Crippen molar-refractivity contribution >= 4 is 5.82 Å². The summed E-state index contributed by atoms with van der Waals surface area (Å²) in [4.78, 5) is 4.15. The number of fused-ring (bicyclic) bond motifs is 1. The zero-order valence-corrected chi connectivity index (χ0v) is 9.02. The number of nitrogens with zero attached hydrogens (tertiary/aromatic N) is 3. The topological polar surface area (TPSA) is 76.9 Å². The van der Waals surface area contributed by atoms with Crippen molar-refractivity contribution in [2.45, 2.75) is 38.5 Å². The van der Waals surface area contributed by atoms with Crippen LogP contribution < -0.4 is 5.73 Å². The van der Waals surface area contributed by atoms with Crippen molar-refractivity contribution in [1.29, 1.82) is 5.26 Å². The van der Waals surface area contributed by atoms with Gasteiger partial charge in [-0.15, -0.1) is 0 Å². The molecule has 2 N–H and O–H groups in total. The molecular weight excluding hydrogens is 204 g/mol.